The van der Waals surface area contributed by atoms with Gasteiger partial charge in [-0.1, -0.05) is 10.3 Å². The topological polar surface area (TPSA) is 331 Å². The number of amidine groups is 2. The van der Waals surface area contributed by atoms with Gasteiger partial charge in [-0.25, -0.2) is 38.6 Å². The van der Waals surface area contributed by atoms with Crippen LogP contribution in [0.4, 0.5) is 19.2 Å². The number of carbonyl (C=O) groups is 6. The van der Waals surface area contributed by atoms with Crippen LogP contribution in [0.3, 0.4) is 0 Å². The average molecular weight is 983 g/mol. The van der Waals surface area contributed by atoms with Gasteiger partial charge >= 0.3 is 36.3 Å². The third-order valence-corrected chi connectivity index (χ3v) is 8.79. The van der Waals surface area contributed by atoms with Gasteiger partial charge in [0.2, 0.25) is 11.9 Å². The van der Waals surface area contributed by atoms with Crippen LogP contribution in [-0.4, -0.2) is 116 Å². The Morgan fingerprint density at radius 2 is 0.829 bits per heavy atom. The molecule has 1 saturated carbocycles. The molecule has 1 aliphatic carbocycles. The van der Waals surface area contributed by atoms with Crippen LogP contribution in [0.5, 0.6) is 11.5 Å². The monoisotopic (exact) mass is 982 g/mol. The van der Waals surface area contributed by atoms with Crippen LogP contribution < -0.4 is 31.6 Å². The Hall–Kier alpha value is -7.66. The van der Waals surface area contributed by atoms with E-state index in [4.69, 9.17) is 39.9 Å². The number of guanidine groups is 2. The summed E-state index contributed by atoms with van der Waals surface area (Å²) in [6.07, 6.45) is -7.64. The van der Waals surface area contributed by atoms with E-state index in [-0.39, 0.29) is 29.6 Å². The molecule has 70 heavy (non-hydrogen) atoms. The van der Waals surface area contributed by atoms with Crippen molar-refractivity contribution < 1.29 is 66.9 Å². The van der Waals surface area contributed by atoms with Crippen molar-refractivity contribution in [1.82, 2.24) is 20.4 Å². The summed E-state index contributed by atoms with van der Waals surface area (Å²) >= 11 is 0. The van der Waals surface area contributed by atoms with E-state index in [9.17, 15) is 39.6 Å². The quantitative estimate of drug-likeness (QED) is 0.0509. The fourth-order valence-corrected chi connectivity index (χ4v) is 6.31. The summed E-state index contributed by atoms with van der Waals surface area (Å²) in [6, 6.07) is 9.26. The highest BCUT2D eigenvalue weighted by atomic mass is 16.7. The molecule has 0 radical (unpaired) electrons. The van der Waals surface area contributed by atoms with Gasteiger partial charge in [0, 0.05) is 31.4 Å². The van der Waals surface area contributed by atoms with Crippen molar-refractivity contribution in [1.29, 1.82) is 10.8 Å². The van der Waals surface area contributed by atoms with E-state index in [2.05, 4.69) is 30.6 Å². The summed E-state index contributed by atoms with van der Waals surface area (Å²) in [7, 11) is 0. The Bertz CT molecular complexity index is 2150. The van der Waals surface area contributed by atoms with Gasteiger partial charge in [-0.15, -0.1) is 0 Å². The molecule has 0 aromatic heterocycles. The highest BCUT2D eigenvalue weighted by Gasteiger charge is 2.51. The molecule has 0 heterocycles. The van der Waals surface area contributed by atoms with E-state index >= 15 is 0 Å². The summed E-state index contributed by atoms with van der Waals surface area (Å²) < 4.78 is 35.7. The molecule has 3 rings (SSSR count). The Labute approximate surface area is 406 Å². The molecule has 24 heteroatoms. The van der Waals surface area contributed by atoms with Crippen molar-refractivity contribution in [3.8, 4) is 11.5 Å². The van der Waals surface area contributed by atoms with Gasteiger partial charge in [0.05, 0.1) is 12.1 Å². The number of hydrogen-bond acceptors (Lipinski definition) is 18. The second-order valence-corrected chi connectivity index (χ2v) is 19.7. The number of benzene rings is 2. The van der Waals surface area contributed by atoms with Crippen LogP contribution in [0.1, 0.15) is 121 Å². The first-order valence-electron chi connectivity index (χ1n) is 21.9. The highest BCUT2D eigenvalue weighted by molar-refractivity contribution is 6.02. The zero-order valence-corrected chi connectivity index (χ0v) is 42.0. The zero-order valence-electron chi connectivity index (χ0n) is 42.0. The lowest BCUT2D eigenvalue weighted by Gasteiger charge is -2.47. The number of rotatable bonds is 10. The third kappa shape index (κ3) is 18.8. The summed E-state index contributed by atoms with van der Waals surface area (Å²) in [5.41, 5.74) is 8.34. The van der Waals surface area contributed by atoms with Gasteiger partial charge in [-0.2, -0.15) is 0 Å². The molecule has 0 saturated heterocycles. The molecule has 4 amide bonds. The van der Waals surface area contributed by atoms with Gasteiger partial charge < -0.3 is 49.6 Å². The fourth-order valence-electron chi connectivity index (χ4n) is 6.31. The number of carbonyl (C=O) groups excluding carboxylic acids is 6. The van der Waals surface area contributed by atoms with Gasteiger partial charge in [-0.3, -0.25) is 21.5 Å². The molecule has 0 spiro atoms. The van der Waals surface area contributed by atoms with E-state index in [1.54, 1.807) is 83.1 Å². The van der Waals surface area contributed by atoms with Crippen LogP contribution >= 0.6 is 0 Å². The number of hydrogen-bond donors (Lipinski definition) is 6. The zero-order chi connectivity index (χ0) is 53.1. The first kappa shape index (κ1) is 56.7. The van der Waals surface area contributed by atoms with Crippen molar-refractivity contribution in [3.63, 3.8) is 0 Å². The van der Waals surface area contributed by atoms with Crippen molar-refractivity contribution in [2.45, 2.75) is 156 Å². The Morgan fingerprint density at radius 3 is 1.10 bits per heavy atom. The molecular formula is C46H66N10O14. The number of alkyl carbamates (subject to hydrolysis) is 2. The summed E-state index contributed by atoms with van der Waals surface area (Å²) in [5.74, 6) is -2.97. The molecule has 384 valence electrons. The fraction of sp³-hybridized carbons (Fsp3) is 0.522. The number of amides is 4. The molecule has 4 atom stereocenters. The molecule has 0 bridgehead atoms. The van der Waals surface area contributed by atoms with Gasteiger partial charge in [0.15, 0.2) is 11.7 Å². The SMILES string of the molecule is CC(=O)O/N=C(\N)c1ccc(O[C@H]2C[C@@H](Oc3ccc(/C(N)=N/OC(C)=O)cc3)[C@H](N(C(=N)NC(=O)OC(C)(C)C)C(=O)OC(C)(C)C)C[C@@H]2N(C(=N)NC(=O)OC(C)(C)C)C(=O)OC(C)(C)C)cc1. The predicted octanol–water partition coefficient (Wildman–Crippen LogP) is 6.17. The molecule has 8 N–H and O–H groups in total. The number of nitrogens with zero attached hydrogens (tertiary/aromatic N) is 4. The molecule has 2 aromatic carbocycles. The van der Waals surface area contributed by atoms with Crippen molar-refractivity contribution in [2.75, 3.05) is 0 Å². The second-order valence-electron chi connectivity index (χ2n) is 19.7. The molecule has 0 unspecified atom stereocenters. The minimum Gasteiger partial charge on any atom is -0.488 e. The van der Waals surface area contributed by atoms with Crippen molar-refractivity contribution in [3.05, 3.63) is 59.7 Å². The first-order valence-corrected chi connectivity index (χ1v) is 21.9. The maximum Gasteiger partial charge on any atom is 0.417 e. The van der Waals surface area contributed by atoms with E-state index < -0.39 is 101 Å². The van der Waals surface area contributed by atoms with Crippen molar-refractivity contribution >= 4 is 59.9 Å². The smallest absolute Gasteiger partial charge is 0.417 e. The maximum atomic E-state index is 14.5. The van der Waals surface area contributed by atoms with Gasteiger partial charge in [0.25, 0.3) is 0 Å². The molecule has 1 fully saturated rings. The number of nitrogens with two attached hydrogens (primary N) is 2. The molecule has 0 aliphatic heterocycles. The number of nitrogens with one attached hydrogen (secondary N) is 4. The number of oxime groups is 2. The molecule has 1 aliphatic rings. The van der Waals surface area contributed by atoms with Crippen LogP contribution in [0.25, 0.3) is 0 Å². The van der Waals surface area contributed by atoms with Crippen LogP contribution in [0.15, 0.2) is 58.8 Å². The normalized spacial score (nSPS) is 17.6. The van der Waals surface area contributed by atoms with Gasteiger partial charge in [0.1, 0.15) is 46.1 Å². The molecule has 24 nitrogen and oxygen atoms in total. The van der Waals surface area contributed by atoms with Crippen LogP contribution in [0, 0.1) is 10.8 Å². The van der Waals surface area contributed by atoms with Crippen LogP contribution in [0.2, 0.25) is 0 Å². The Kier molecular flexibility index (Phi) is 18.7. The lowest BCUT2D eigenvalue weighted by molar-refractivity contribution is -0.141. The lowest BCUT2D eigenvalue weighted by Crippen LogP contribution is -2.66. The molecular weight excluding hydrogens is 917 g/mol. The maximum absolute atomic E-state index is 14.5. The summed E-state index contributed by atoms with van der Waals surface area (Å²) in [4.78, 5) is 89.2. The van der Waals surface area contributed by atoms with E-state index in [1.165, 1.54) is 48.5 Å². The minimum absolute atomic E-state index is 0.138. The lowest BCUT2D eigenvalue weighted by atomic mass is 9.84. The van der Waals surface area contributed by atoms with Crippen molar-refractivity contribution in [2.24, 2.45) is 21.8 Å². The Morgan fingerprint density at radius 1 is 0.529 bits per heavy atom. The average Bonchev–Trinajstić information content (AvgIpc) is 3.18. The third-order valence-electron chi connectivity index (χ3n) is 8.79. The predicted molar refractivity (Wildman–Crippen MR) is 254 cm³/mol. The number of ether oxygens (including phenoxy) is 6. The Balaban J connectivity index is 2.38. The second kappa shape index (κ2) is 23.1. The van der Waals surface area contributed by atoms with E-state index in [0.717, 1.165) is 23.6 Å². The standard InChI is InChI=1S/C46H66N10O14/c1-25(57)69-53-35(47)27-15-19-29(20-16-27)63-33-24-34(64-30-21-17-28(18-22-30)36(48)54-70-26(2)58)32(56(42(62)68-46(12,13)14)38(50)52-40(60)66-44(6,7)8)23-31(33)55(41(61)67-45(9,10)11)37(49)51-39(59)65-43(3,4)5/h15-22,31-34H,23-24H2,1-14H3,(H2,47,53)(H2,48,54)(H2,49,51,59)(H2,50,52,60)/t31-,32+,33-,34+. The molecule has 2 aromatic rings. The highest BCUT2D eigenvalue weighted by Crippen LogP contribution is 2.35. The van der Waals surface area contributed by atoms with Gasteiger partial charge in [-0.05, 0) is 138 Å². The largest absolute Gasteiger partial charge is 0.488 e. The summed E-state index contributed by atoms with van der Waals surface area (Å²) in [6.45, 7) is 21.4. The van der Waals surface area contributed by atoms with E-state index in [1.807, 2.05) is 0 Å². The van der Waals surface area contributed by atoms with Crippen LogP contribution in [-0.2, 0) is 38.2 Å². The summed E-state index contributed by atoms with van der Waals surface area (Å²) in [5, 5.41) is 30.3. The minimum atomic E-state index is -1.39. The van der Waals surface area contributed by atoms with E-state index in [0.29, 0.717) is 11.1 Å². The first-order chi connectivity index (χ1) is 32.1.